The summed E-state index contributed by atoms with van der Waals surface area (Å²) in [5, 5.41) is 10.8. The van der Waals surface area contributed by atoms with Gasteiger partial charge >= 0.3 is 11.8 Å². The van der Waals surface area contributed by atoms with E-state index < -0.39 is 40.7 Å². The molecule has 0 amide bonds. The van der Waals surface area contributed by atoms with Crippen molar-refractivity contribution in [2.45, 2.75) is 26.7 Å². The minimum absolute atomic E-state index is 0.0654. The molecule has 0 spiro atoms. The first-order chi connectivity index (χ1) is 8.86. The van der Waals surface area contributed by atoms with Gasteiger partial charge in [-0.15, -0.1) is 0 Å². The number of aromatic nitrogens is 1. The molecule has 0 fully saturated rings. The van der Waals surface area contributed by atoms with Crippen LogP contribution in [0, 0.1) is 17.0 Å². The number of esters is 1. The molecule has 6 nitrogen and oxygen atoms in total. The van der Waals surface area contributed by atoms with E-state index in [1.165, 1.54) is 6.92 Å². The Morgan fingerprint density at radius 2 is 2.21 bits per heavy atom. The van der Waals surface area contributed by atoms with E-state index in [4.69, 9.17) is 0 Å². The summed E-state index contributed by atoms with van der Waals surface area (Å²) >= 11 is 0. The van der Waals surface area contributed by atoms with Crippen LogP contribution >= 0.6 is 0 Å². The Hall–Kier alpha value is -2.12. The lowest BCUT2D eigenvalue weighted by atomic mass is 10.1. The zero-order chi connectivity index (χ0) is 14.6. The Balaban J connectivity index is 3.31. The Labute approximate surface area is 107 Å². The average molecular weight is 274 g/mol. The molecule has 0 unspecified atom stereocenters. The first-order valence-corrected chi connectivity index (χ1v) is 5.45. The molecule has 0 bridgehead atoms. The van der Waals surface area contributed by atoms with Gasteiger partial charge in [0, 0.05) is 12.5 Å². The molecular weight excluding hydrogens is 262 g/mol. The minimum Gasteiger partial charge on any atom is -0.466 e. The summed E-state index contributed by atoms with van der Waals surface area (Å²) in [5.41, 5.74) is -0.870. The third-order valence-electron chi connectivity index (χ3n) is 2.30. The number of hydrogen-bond donors (Lipinski definition) is 0. The Bertz CT molecular complexity index is 506. The van der Waals surface area contributed by atoms with Crippen molar-refractivity contribution < 1.29 is 23.2 Å². The van der Waals surface area contributed by atoms with Crippen LogP contribution in [0.2, 0.25) is 0 Å². The summed E-state index contributed by atoms with van der Waals surface area (Å²) < 4.78 is 30.4. The fraction of sp³-hybridized carbons (Fsp3) is 0.455. The Kier molecular flexibility index (Phi) is 4.85. The second-order valence-electron chi connectivity index (χ2n) is 3.69. The maximum absolute atomic E-state index is 12.9. The third-order valence-corrected chi connectivity index (χ3v) is 2.30. The molecule has 0 aliphatic heterocycles. The number of aryl methyl sites for hydroxylation is 1. The summed E-state index contributed by atoms with van der Waals surface area (Å²) in [6.07, 6.45) is -3.53. The highest BCUT2D eigenvalue weighted by molar-refractivity contribution is 5.74. The molecule has 0 aliphatic rings. The van der Waals surface area contributed by atoms with Gasteiger partial charge in [-0.05, 0) is 22.9 Å². The van der Waals surface area contributed by atoms with Crippen molar-refractivity contribution in [3.63, 3.8) is 0 Å². The van der Waals surface area contributed by atoms with E-state index >= 15 is 0 Å². The molecule has 1 aromatic rings. The van der Waals surface area contributed by atoms with Crippen molar-refractivity contribution in [2.75, 3.05) is 6.61 Å². The molecule has 1 heterocycles. The molecule has 19 heavy (non-hydrogen) atoms. The number of halogens is 2. The third kappa shape index (κ3) is 3.67. The van der Waals surface area contributed by atoms with Gasteiger partial charge in [0.05, 0.1) is 18.6 Å². The highest BCUT2D eigenvalue weighted by atomic mass is 19.3. The SMILES string of the molecule is CCOC(=O)Cc1c(C(F)F)cc(C)nc1[N+](=O)[O-]. The van der Waals surface area contributed by atoms with Crippen molar-refractivity contribution in [3.8, 4) is 0 Å². The number of carbonyl (C=O) groups excluding carboxylic acids is 1. The quantitative estimate of drug-likeness (QED) is 0.467. The van der Waals surface area contributed by atoms with E-state index in [-0.39, 0.29) is 12.3 Å². The number of ether oxygens (including phenoxy) is 1. The monoisotopic (exact) mass is 274 g/mol. The van der Waals surface area contributed by atoms with Gasteiger partial charge in [0.1, 0.15) is 0 Å². The number of pyridine rings is 1. The largest absolute Gasteiger partial charge is 0.466 e. The molecule has 0 atom stereocenters. The lowest BCUT2D eigenvalue weighted by Crippen LogP contribution is -2.13. The molecule has 0 radical (unpaired) electrons. The summed E-state index contributed by atoms with van der Waals surface area (Å²) in [5.74, 6) is -1.54. The van der Waals surface area contributed by atoms with E-state index in [0.717, 1.165) is 6.07 Å². The molecule has 0 saturated carbocycles. The van der Waals surface area contributed by atoms with Crippen LogP contribution in [0.15, 0.2) is 6.07 Å². The summed E-state index contributed by atoms with van der Waals surface area (Å²) in [6, 6.07) is 1.03. The number of nitrogens with zero attached hydrogens (tertiary/aromatic N) is 2. The number of hydrogen-bond acceptors (Lipinski definition) is 5. The van der Waals surface area contributed by atoms with Gasteiger partial charge in [-0.2, -0.15) is 0 Å². The van der Waals surface area contributed by atoms with Crippen LogP contribution in [0.25, 0.3) is 0 Å². The lowest BCUT2D eigenvalue weighted by molar-refractivity contribution is -0.390. The molecular formula is C11H12F2N2O4. The topological polar surface area (TPSA) is 82.3 Å². The van der Waals surface area contributed by atoms with Gasteiger partial charge < -0.3 is 14.9 Å². The van der Waals surface area contributed by atoms with Crippen LogP contribution < -0.4 is 0 Å². The zero-order valence-electron chi connectivity index (χ0n) is 10.4. The molecule has 104 valence electrons. The molecule has 0 N–H and O–H groups in total. The molecule has 0 saturated heterocycles. The summed E-state index contributed by atoms with van der Waals surface area (Å²) in [4.78, 5) is 24.9. The fourth-order valence-electron chi connectivity index (χ4n) is 1.59. The predicted octanol–water partition coefficient (Wildman–Crippen LogP) is 2.34. The lowest BCUT2D eigenvalue weighted by Gasteiger charge is -2.09. The Morgan fingerprint density at radius 3 is 2.68 bits per heavy atom. The van der Waals surface area contributed by atoms with Gasteiger partial charge in [0.15, 0.2) is 5.69 Å². The van der Waals surface area contributed by atoms with E-state index in [0.29, 0.717) is 0 Å². The molecule has 1 aromatic heterocycles. The summed E-state index contributed by atoms with van der Waals surface area (Å²) in [7, 11) is 0. The molecule has 1 rings (SSSR count). The maximum atomic E-state index is 12.9. The van der Waals surface area contributed by atoms with Crippen molar-refractivity contribution in [1.82, 2.24) is 4.98 Å². The normalized spacial score (nSPS) is 10.6. The van der Waals surface area contributed by atoms with Gasteiger partial charge in [-0.3, -0.25) is 4.79 Å². The number of rotatable bonds is 5. The number of alkyl halides is 2. The number of carbonyl (C=O) groups is 1. The van der Waals surface area contributed by atoms with Crippen molar-refractivity contribution in [3.05, 3.63) is 33.0 Å². The van der Waals surface area contributed by atoms with Crippen molar-refractivity contribution in [1.29, 1.82) is 0 Å². The fourth-order valence-corrected chi connectivity index (χ4v) is 1.59. The standard InChI is InChI=1S/C11H12F2N2O4/c1-3-19-9(16)5-8-7(10(12)13)4-6(2)14-11(8)15(17)18/h4,10H,3,5H2,1-2H3. The maximum Gasteiger partial charge on any atom is 0.367 e. The highest BCUT2D eigenvalue weighted by Gasteiger charge is 2.27. The minimum atomic E-state index is -2.93. The molecule has 8 heteroatoms. The molecule has 0 aliphatic carbocycles. The van der Waals surface area contributed by atoms with Gasteiger partial charge in [-0.1, -0.05) is 0 Å². The van der Waals surface area contributed by atoms with Crippen LogP contribution in [0.4, 0.5) is 14.6 Å². The van der Waals surface area contributed by atoms with Gasteiger partial charge in [0.2, 0.25) is 0 Å². The van der Waals surface area contributed by atoms with Crippen molar-refractivity contribution >= 4 is 11.8 Å². The second-order valence-corrected chi connectivity index (χ2v) is 3.69. The van der Waals surface area contributed by atoms with Crippen LogP contribution in [-0.2, 0) is 16.0 Å². The smallest absolute Gasteiger partial charge is 0.367 e. The first-order valence-electron chi connectivity index (χ1n) is 5.45. The van der Waals surface area contributed by atoms with E-state index in [2.05, 4.69) is 9.72 Å². The highest BCUT2D eigenvalue weighted by Crippen LogP contribution is 2.29. The second kappa shape index (κ2) is 6.17. The predicted molar refractivity (Wildman–Crippen MR) is 60.9 cm³/mol. The van der Waals surface area contributed by atoms with Crippen LogP contribution in [-0.4, -0.2) is 22.5 Å². The van der Waals surface area contributed by atoms with E-state index in [1.54, 1.807) is 6.92 Å². The van der Waals surface area contributed by atoms with Crippen molar-refractivity contribution in [2.24, 2.45) is 0 Å². The van der Waals surface area contributed by atoms with Crippen LogP contribution in [0.3, 0.4) is 0 Å². The van der Waals surface area contributed by atoms with E-state index in [9.17, 15) is 23.7 Å². The summed E-state index contributed by atoms with van der Waals surface area (Å²) in [6.45, 7) is 2.98. The van der Waals surface area contributed by atoms with Gasteiger partial charge in [0.25, 0.3) is 6.43 Å². The molecule has 0 aromatic carbocycles. The first kappa shape index (κ1) is 14.9. The zero-order valence-corrected chi connectivity index (χ0v) is 10.4. The van der Waals surface area contributed by atoms with Crippen LogP contribution in [0.1, 0.15) is 30.2 Å². The van der Waals surface area contributed by atoms with E-state index in [1.807, 2.05) is 0 Å². The van der Waals surface area contributed by atoms with Crippen LogP contribution in [0.5, 0.6) is 0 Å². The van der Waals surface area contributed by atoms with Gasteiger partial charge in [-0.25, -0.2) is 8.78 Å². The number of nitro groups is 1. The average Bonchev–Trinajstić information content (AvgIpc) is 2.30. The Morgan fingerprint density at radius 1 is 1.58 bits per heavy atom.